The van der Waals surface area contributed by atoms with E-state index >= 15 is 0 Å². The summed E-state index contributed by atoms with van der Waals surface area (Å²) in [6.45, 7) is 7.44. The molecule has 1 atom stereocenters. The first kappa shape index (κ1) is 30.8. The molecule has 0 aliphatic heterocycles. The molecule has 2 N–H and O–H groups in total. The van der Waals surface area contributed by atoms with Crippen molar-refractivity contribution in [1.82, 2.24) is 10.1 Å². The normalized spacial score (nSPS) is 12.8. The van der Waals surface area contributed by atoms with E-state index in [0.717, 1.165) is 11.1 Å². The monoisotopic (exact) mass is 587 g/mol. The van der Waals surface area contributed by atoms with Gasteiger partial charge in [0.05, 0.1) is 18.2 Å². The van der Waals surface area contributed by atoms with E-state index in [1.165, 1.54) is 55.8 Å². The number of sulfonamides is 1. The van der Waals surface area contributed by atoms with Crippen molar-refractivity contribution in [3.8, 4) is 11.5 Å². The van der Waals surface area contributed by atoms with Crippen LogP contribution >= 0.6 is 0 Å². The smallest absolute Gasteiger partial charge is 0.339 e. The molecule has 0 saturated carbocycles. The van der Waals surface area contributed by atoms with E-state index in [1.54, 1.807) is 24.3 Å². The van der Waals surface area contributed by atoms with Crippen molar-refractivity contribution in [2.45, 2.75) is 49.9 Å². The fraction of sp³-hybridized carbons (Fsp3) is 0.286. The molecule has 12 heteroatoms. The third-order valence-electron chi connectivity index (χ3n) is 5.74. The van der Waals surface area contributed by atoms with Crippen LogP contribution in [0.25, 0.3) is 0 Å². The number of methoxy groups -OCH3 is 1. The summed E-state index contributed by atoms with van der Waals surface area (Å²) < 4.78 is 64.0. The predicted molar refractivity (Wildman–Crippen MR) is 152 cm³/mol. The van der Waals surface area contributed by atoms with Crippen LogP contribution in [0.2, 0.25) is 0 Å². The van der Waals surface area contributed by atoms with Gasteiger partial charge in [0.2, 0.25) is 10.0 Å². The van der Waals surface area contributed by atoms with E-state index in [1.807, 2.05) is 27.7 Å². The summed E-state index contributed by atoms with van der Waals surface area (Å²) in [4.78, 5) is 12.9. The summed E-state index contributed by atoms with van der Waals surface area (Å²) in [5.74, 6) is -0.494. The second-order valence-electron chi connectivity index (χ2n) is 9.61. The quantitative estimate of drug-likeness (QED) is 0.186. The molecular formula is C28H33N3O7S2. The van der Waals surface area contributed by atoms with E-state index in [-0.39, 0.29) is 33.6 Å². The highest BCUT2D eigenvalue weighted by atomic mass is 32.2. The molecule has 10 nitrogen and oxygen atoms in total. The fourth-order valence-corrected chi connectivity index (χ4v) is 5.75. The average Bonchev–Trinajstić information content (AvgIpc) is 2.89. The van der Waals surface area contributed by atoms with Crippen LogP contribution in [0.1, 0.15) is 37.0 Å². The average molecular weight is 588 g/mol. The maximum absolute atomic E-state index is 12.9. The standard InChI is InChI=1S/C28H33N3O7S2/c1-19(2)16-25(31-39(33,34)23-11-6-20(3)7-12-23)28(32)30-29-18-22-10-15-26(27(17-22)37-5)38-40(35,36)24-13-8-21(4)9-14-24/h6-15,17-19,25,31H,16H2,1-5H3,(H,30,32)/b29-18-/t25-/m0/s1. The van der Waals surface area contributed by atoms with E-state index in [4.69, 9.17) is 8.92 Å². The van der Waals surface area contributed by atoms with E-state index in [0.29, 0.717) is 5.56 Å². The van der Waals surface area contributed by atoms with Gasteiger partial charge in [-0.15, -0.1) is 0 Å². The summed E-state index contributed by atoms with van der Waals surface area (Å²) in [5, 5.41) is 3.95. The van der Waals surface area contributed by atoms with Gasteiger partial charge in [-0.05, 0) is 74.2 Å². The topological polar surface area (TPSA) is 140 Å². The Balaban J connectivity index is 1.72. The molecule has 0 heterocycles. The largest absolute Gasteiger partial charge is 0.493 e. The van der Waals surface area contributed by atoms with Crippen molar-refractivity contribution in [1.29, 1.82) is 0 Å². The SMILES string of the molecule is COc1cc(/C=N\NC(=O)[C@H](CC(C)C)NS(=O)(=O)c2ccc(C)cc2)ccc1OS(=O)(=O)c1ccc(C)cc1. The van der Waals surface area contributed by atoms with Gasteiger partial charge in [-0.2, -0.15) is 18.2 Å². The van der Waals surface area contributed by atoms with Gasteiger partial charge < -0.3 is 8.92 Å². The molecule has 0 bridgehead atoms. The lowest BCUT2D eigenvalue weighted by molar-refractivity contribution is -0.123. The summed E-state index contributed by atoms with van der Waals surface area (Å²) in [6.07, 6.45) is 1.57. The maximum Gasteiger partial charge on any atom is 0.339 e. The van der Waals surface area contributed by atoms with Gasteiger partial charge in [0, 0.05) is 0 Å². The number of ether oxygens (including phenoxy) is 1. The molecule has 0 aliphatic rings. The molecule has 1 amide bonds. The zero-order chi connectivity index (χ0) is 29.5. The fourth-order valence-electron chi connectivity index (χ4n) is 3.61. The van der Waals surface area contributed by atoms with Gasteiger partial charge in [-0.25, -0.2) is 13.8 Å². The molecule has 0 fully saturated rings. The molecular weight excluding hydrogens is 554 g/mol. The van der Waals surface area contributed by atoms with Crippen LogP contribution in [0.3, 0.4) is 0 Å². The lowest BCUT2D eigenvalue weighted by Gasteiger charge is -2.19. The van der Waals surface area contributed by atoms with Crippen LogP contribution in [0, 0.1) is 19.8 Å². The van der Waals surface area contributed by atoms with Crippen LogP contribution < -0.4 is 19.1 Å². The molecule has 40 heavy (non-hydrogen) atoms. The number of nitrogens with zero attached hydrogens (tertiary/aromatic N) is 1. The number of benzene rings is 3. The minimum atomic E-state index is -4.09. The van der Waals surface area contributed by atoms with Crippen molar-refractivity contribution in [3.05, 3.63) is 83.4 Å². The van der Waals surface area contributed by atoms with Gasteiger partial charge in [-0.1, -0.05) is 49.2 Å². The van der Waals surface area contributed by atoms with Gasteiger partial charge >= 0.3 is 10.1 Å². The van der Waals surface area contributed by atoms with E-state index in [2.05, 4.69) is 15.2 Å². The number of hydrogen-bond donors (Lipinski definition) is 2. The first-order valence-electron chi connectivity index (χ1n) is 12.4. The summed E-state index contributed by atoms with van der Waals surface area (Å²) >= 11 is 0. The van der Waals surface area contributed by atoms with Crippen molar-refractivity contribution in [2.24, 2.45) is 11.0 Å². The lowest BCUT2D eigenvalue weighted by Crippen LogP contribution is -2.46. The zero-order valence-corrected chi connectivity index (χ0v) is 24.5. The second kappa shape index (κ2) is 13.1. The highest BCUT2D eigenvalue weighted by Gasteiger charge is 2.26. The molecule has 0 radical (unpaired) electrons. The summed E-state index contributed by atoms with van der Waals surface area (Å²) in [6, 6.07) is 15.9. The minimum Gasteiger partial charge on any atom is -0.493 e. The summed E-state index contributed by atoms with van der Waals surface area (Å²) in [7, 11) is -6.66. The molecule has 214 valence electrons. The number of rotatable bonds is 12. The van der Waals surface area contributed by atoms with Crippen LogP contribution in [0.5, 0.6) is 11.5 Å². The van der Waals surface area contributed by atoms with Crippen LogP contribution in [-0.2, 0) is 24.9 Å². The number of hydrogen-bond acceptors (Lipinski definition) is 8. The number of nitrogens with one attached hydrogen (secondary N) is 2. The van der Waals surface area contributed by atoms with Crippen LogP contribution in [0.4, 0.5) is 0 Å². The van der Waals surface area contributed by atoms with E-state index in [9.17, 15) is 21.6 Å². The van der Waals surface area contributed by atoms with Gasteiger partial charge in [0.1, 0.15) is 10.9 Å². The Morgan fingerprint density at radius 3 is 2.00 bits per heavy atom. The number of hydrazone groups is 1. The van der Waals surface area contributed by atoms with Gasteiger partial charge in [0.15, 0.2) is 11.5 Å². The number of aryl methyl sites for hydroxylation is 2. The Morgan fingerprint density at radius 2 is 1.45 bits per heavy atom. The van der Waals surface area contributed by atoms with Crippen molar-refractivity contribution < 1.29 is 30.6 Å². The van der Waals surface area contributed by atoms with Crippen LogP contribution in [0.15, 0.2) is 81.6 Å². The third-order valence-corrected chi connectivity index (χ3v) is 8.47. The Labute approximate surface area is 235 Å². The lowest BCUT2D eigenvalue weighted by atomic mass is 10.0. The number of amides is 1. The maximum atomic E-state index is 12.9. The minimum absolute atomic E-state index is 0.00228. The van der Waals surface area contributed by atoms with Gasteiger partial charge in [-0.3, -0.25) is 4.79 Å². The predicted octanol–water partition coefficient (Wildman–Crippen LogP) is 3.92. The molecule has 0 saturated heterocycles. The molecule has 3 aromatic rings. The van der Waals surface area contributed by atoms with Crippen molar-refractivity contribution >= 4 is 32.3 Å². The van der Waals surface area contributed by atoms with Crippen molar-refractivity contribution in [2.75, 3.05) is 7.11 Å². The Hall–Kier alpha value is -3.74. The Kier molecular flexibility index (Phi) is 10.1. The van der Waals surface area contributed by atoms with Crippen molar-refractivity contribution in [3.63, 3.8) is 0 Å². The highest BCUT2D eigenvalue weighted by Crippen LogP contribution is 2.30. The van der Waals surface area contributed by atoms with Crippen LogP contribution in [-0.4, -0.2) is 42.1 Å². The second-order valence-corrected chi connectivity index (χ2v) is 12.9. The van der Waals surface area contributed by atoms with Gasteiger partial charge in [0.25, 0.3) is 5.91 Å². The third kappa shape index (κ3) is 8.38. The number of carbonyl (C=O) groups is 1. The molecule has 0 aliphatic carbocycles. The molecule has 0 unspecified atom stereocenters. The van der Waals surface area contributed by atoms with E-state index < -0.39 is 32.1 Å². The first-order chi connectivity index (χ1) is 18.8. The Bertz CT molecular complexity index is 1570. The number of carbonyl (C=O) groups excluding carboxylic acids is 1. The highest BCUT2D eigenvalue weighted by molar-refractivity contribution is 7.89. The Morgan fingerprint density at radius 1 is 0.875 bits per heavy atom. The summed E-state index contributed by atoms with van der Waals surface area (Å²) in [5.41, 5.74) is 4.66. The zero-order valence-electron chi connectivity index (χ0n) is 22.9. The molecule has 0 spiro atoms. The molecule has 3 aromatic carbocycles. The first-order valence-corrected chi connectivity index (χ1v) is 15.3. The molecule has 3 rings (SSSR count). The molecule has 0 aromatic heterocycles.